The largest absolute Gasteiger partial charge is 0.379 e. The molecule has 6 heteroatoms. The lowest BCUT2D eigenvalue weighted by Crippen LogP contribution is -2.42. The molecule has 1 unspecified atom stereocenters. The molecule has 0 aliphatic carbocycles. The van der Waals surface area contributed by atoms with E-state index >= 15 is 0 Å². The molecule has 100 valence electrons. The van der Waals surface area contributed by atoms with Crippen LogP contribution in [0.25, 0.3) is 0 Å². The number of morpholine rings is 1. The number of halogens is 1. The number of carbonyl (C=O) groups excluding carboxylic acids is 1. The normalized spacial score (nSPS) is 20.1. The highest BCUT2D eigenvalue weighted by Crippen LogP contribution is 2.21. The molecule has 1 atom stereocenters. The quantitative estimate of drug-likeness (QED) is 0.900. The van der Waals surface area contributed by atoms with Gasteiger partial charge in [0, 0.05) is 32.5 Å². The average molecular weight is 316 g/mol. The molecule has 0 saturated carbocycles. The van der Waals surface area contributed by atoms with E-state index in [9.17, 15) is 4.79 Å². The average Bonchev–Trinajstić information content (AvgIpc) is 2.57. The van der Waals surface area contributed by atoms with Crippen LogP contribution < -0.4 is 5.32 Å². The van der Waals surface area contributed by atoms with Crippen molar-refractivity contribution in [3.63, 3.8) is 0 Å². The Morgan fingerprint density at radius 2 is 2.44 bits per heavy atom. The van der Waals surface area contributed by atoms with Gasteiger partial charge in [0.25, 0.3) is 0 Å². The second-order valence-corrected chi connectivity index (χ2v) is 5.41. The van der Waals surface area contributed by atoms with E-state index in [1.807, 2.05) is 14.0 Å². The van der Waals surface area contributed by atoms with Crippen LogP contribution in [0.2, 0.25) is 0 Å². The maximum Gasteiger partial charge on any atom is 0.140 e. The third-order valence-corrected chi connectivity index (χ3v) is 4.13. The number of aryl methyl sites for hydroxylation is 2. The predicted octanol–water partition coefficient (Wildman–Crippen LogP) is 0.981. The topological polar surface area (TPSA) is 56.2 Å². The van der Waals surface area contributed by atoms with E-state index in [-0.39, 0.29) is 11.8 Å². The van der Waals surface area contributed by atoms with Crippen LogP contribution in [0, 0.1) is 6.92 Å². The van der Waals surface area contributed by atoms with Crippen LogP contribution in [0.3, 0.4) is 0 Å². The highest BCUT2D eigenvalue weighted by Gasteiger charge is 2.19. The first-order valence-electron chi connectivity index (χ1n) is 6.08. The molecule has 1 aliphatic rings. The van der Waals surface area contributed by atoms with Gasteiger partial charge < -0.3 is 10.1 Å². The summed E-state index contributed by atoms with van der Waals surface area (Å²) in [6.45, 7) is 4.11. The monoisotopic (exact) mass is 315 g/mol. The zero-order valence-electron chi connectivity index (χ0n) is 10.7. The summed E-state index contributed by atoms with van der Waals surface area (Å²) >= 11 is 3.48. The van der Waals surface area contributed by atoms with E-state index in [1.165, 1.54) is 0 Å². The molecule has 18 heavy (non-hydrogen) atoms. The number of ether oxygens (including phenoxy) is 1. The Labute approximate surface area is 115 Å². The van der Waals surface area contributed by atoms with Crippen LogP contribution in [-0.4, -0.2) is 41.4 Å². The van der Waals surface area contributed by atoms with Crippen molar-refractivity contribution in [3.05, 3.63) is 15.9 Å². The molecule has 2 heterocycles. The predicted molar refractivity (Wildman–Crippen MR) is 71.6 cm³/mol. The maximum absolute atomic E-state index is 12.0. The second-order valence-electron chi connectivity index (χ2n) is 4.62. The van der Waals surface area contributed by atoms with Crippen LogP contribution in [0.1, 0.15) is 17.8 Å². The van der Waals surface area contributed by atoms with Crippen molar-refractivity contribution in [2.75, 3.05) is 19.8 Å². The summed E-state index contributed by atoms with van der Waals surface area (Å²) < 4.78 is 8.05. The Balaban J connectivity index is 1.94. The molecular formula is C12H18BrN3O2. The second kappa shape index (κ2) is 5.95. The fourth-order valence-electron chi connectivity index (χ4n) is 2.16. The van der Waals surface area contributed by atoms with E-state index in [0.29, 0.717) is 19.4 Å². The molecule has 1 aliphatic heterocycles. The molecule has 2 rings (SSSR count). The molecule has 1 fully saturated rings. The van der Waals surface area contributed by atoms with Gasteiger partial charge in [0.05, 0.1) is 29.1 Å². The fraction of sp³-hybridized carbons (Fsp3) is 0.667. The van der Waals surface area contributed by atoms with Gasteiger partial charge in [-0.25, -0.2) is 0 Å². The first kappa shape index (κ1) is 13.7. The maximum atomic E-state index is 12.0. The molecule has 0 amide bonds. The number of nitrogens with one attached hydrogen (secondary N) is 1. The summed E-state index contributed by atoms with van der Waals surface area (Å²) in [6.07, 6.45) is 0.923. The Hall–Kier alpha value is -0.720. The van der Waals surface area contributed by atoms with E-state index in [2.05, 4.69) is 26.3 Å². The minimum atomic E-state index is 0.152. The van der Waals surface area contributed by atoms with E-state index in [0.717, 1.165) is 29.0 Å². The van der Waals surface area contributed by atoms with Gasteiger partial charge in [0.15, 0.2) is 0 Å². The number of hydrogen-bond donors (Lipinski definition) is 1. The molecule has 1 saturated heterocycles. The number of rotatable bonds is 4. The molecular weight excluding hydrogens is 298 g/mol. The van der Waals surface area contributed by atoms with Gasteiger partial charge in [-0.2, -0.15) is 5.10 Å². The Morgan fingerprint density at radius 1 is 1.67 bits per heavy atom. The van der Waals surface area contributed by atoms with Crippen molar-refractivity contribution in [3.8, 4) is 0 Å². The van der Waals surface area contributed by atoms with Crippen molar-refractivity contribution >= 4 is 21.7 Å². The highest BCUT2D eigenvalue weighted by atomic mass is 79.9. The number of ketones is 1. The third kappa shape index (κ3) is 3.18. The molecule has 0 aromatic carbocycles. The highest BCUT2D eigenvalue weighted by molar-refractivity contribution is 9.10. The van der Waals surface area contributed by atoms with Crippen LogP contribution in [0.4, 0.5) is 0 Å². The van der Waals surface area contributed by atoms with Crippen LogP contribution >= 0.6 is 15.9 Å². The summed E-state index contributed by atoms with van der Waals surface area (Å²) in [5.74, 6) is 0.210. The lowest BCUT2D eigenvalue weighted by atomic mass is 10.1. The van der Waals surface area contributed by atoms with Crippen molar-refractivity contribution in [2.45, 2.75) is 25.8 Å². The van der Waals surface area contributed by atoms with Gasteiger partial charge in [0.1, 0.15) is 5.78 Å². The zero-order valence-corrected chi connectivity index (χ0v) is 12.3. The molecule has 1 aromatic heterocycles. The minimum Gasteiger partial charge on any atom is -0.379 e. The van der Waals surface area contributed by atoms with Gasteiger partial charge in [-0.15, -0.1) is 0 Å². The molecule has 0 spiro atoms. The summed E-state index contributed by atoms with van der Waals surface area (Å²) in [5.41, 5.74) is 1.86. The lowest BCUT2D eigenvalue weighted by molar-refractivity contribution is -0.119. The molecule has 5 nitrogen and oxygen atoms in total. The molecule has 1 N–H and O–H groups in total. The fourth-order valence-corrected chi connectivity index (χ4v) is 2.63. The van der Waals surface area contributed by atoms with E-state index in [4.69, 9.17) is 4.74 Å². The zero-order chi connectivity index (χ0) is 13.1. The van der Waals surface area contributed by atoms with Gasteiger partial charge >= 0.3 is 0 Å². The summed E-state index contributed by atoms with van der Waals surface area (Å²) in [7, 11) is 1.86. The van der Waals surface area contributed by atoms with Gasteiger partial charge in [-0.1, -0.05) is 0 Å². The SMILES string of the molecule is Cc1nn(C)c(CC(=O)CC2COCCN2)c1Br. The van der Waals surface area contributed by atoms with E-state index in [1.54, 1.807) is 4.68 Å². The molecule has 0 radical (unpaired) electrons. The van der Waals surface area contributed by atoms with Crippen LogP contribution in [0.15, 0.2) is 4.47 Å². The van der Waals surface area contributed by atoms with Gasteiger partial charge in [-0.05, 0) is 22.9 Å². The first-order valence-corrected chi connectivity index (χ1v) is 6.88. The standard InChI is InChI=1S/C12H18BrN3O2/c1-8-12(13)11(16(2)15-8)6-10(17)5-9-7-18-4-3-14-9/h9,14H,3-7H2,1-2H3. The Kier molecular flexibility index (Phi) is 4.53. The first-order chi connectivity index (χ1) is 8.58. The van der Waals surface area contributed by atoms with Gasteiger partial charge in [-0.3, -0.25) is 9.48 Å². The van der Waals surface area contributed by atoms with Crippen molar-refractivity contribution in [1.82, 2.24) is 15.1 Å². The van der Waals surface area contributed by atoms with Crippen LogP contribution in [-0.2, 0) is 23.0 Å². The van der Waals surface area contributed by atoms with Crippen molar-refractivity contribution in [1.29, 1.82) is 0 Å². The number of nitrogens with zero attached hydrogens (tertiary/aromatic N) is 2. The van der Waals surface area contributed by atoms with Crippen LogP contribution in [0.5, 0.6) is 0 Å². The lowest BCUT2D eigenvalue weighted by Gasteiger charge is -2.23. The Morgan fingerprint density at radius 3 is 3.00 bits per heavy atom. The number of carbonyl (C=O) groups is 1. The number of hydrogen-bond acceptors (Lipinski definition) is 4. The van der Waals surface area contributed by atoms with Crippen molar-refractivity contribution < 1.29 is 9.53 Å². The summed E-state index contributed by atoms with van der Waals surface area (Å²) in [5, 5.41) is 7.58. The third-order valence-electron chi connectivity index (χ3n) is 3.10. The molecule has 1 aromatic rings. The minimum absolute atomic E-state index is 0.152. The Bertz CT molecular complexity index is 439. The van der Waals surface area contributed by atoms with E-state index < -0.39 is 0 Å². The van der Waals surface area contributed by atoms with Crippen molar-refractivity contribution in [2.24, 2.45) is 7.05 Å². The summed E-state index contributed by atoms with van der Waals surface area (Å²) in [4.78, 5) is 12.0. The van der Waals surface area contributed by atoms with Gasteiger partial charge in [0.2, 0.25) is 0 Å². The summed E-state index contributed by atoms with van der Waals surface area (Å²) in [6, 6.07) is 0.152. The number of aromatic nitrogens is 2. The number of Topliss-reactive ketones (excluding diaryl/α,β-unsaturated/α-hetero) is 1. The smallest absolute Gasteiger partial charge is 0.140 e. The molecule has 0 bridgehead atoms.